The van der Waals surface area contributed by atoms with Gasteiger partial charge in [-0.3, -0.25) is 0 Å². The molecule has 0 unspecified atom stereocenters. The molecule has 0 aliphatic carbocycles. The van der Waals surface area contributed by atoms with Crippen molar-refractivity contribution in [3.8, 4) is 11.8 Å². The summed E-state index contributed by atoms with van der Waals surface area (Å²) in [5, 5.41) is 10.7. The number of imidazole rings is 1. The van der Waals surface area contributed by atoms with Crippen LogP contribution >= 0.6 is 23.2 Å². The first-order valence-electron chi connectivity index (χ1n) is 8.87. The number of halogens is 2. The maximum Gasteiger partial charge on any atom is 0.149 e. The number of nitrogens with zero attached hydrogens (tertiary/aromatic N) is 2. The first-order valence-corrected chi connectivity index (χ1v) is 9.62. The molecule has 0 atom stereocenters. The summed E-state index contributed by atoms with van der Waals surface area (Å²) >= 11 is 12.4. The molecule has 29 heavy (non-hydrogen) atoms. The number of fused-ring (bicyclic) bond motifs is 1. The minimum absolute atomic E-state index is 0.250. The quantitative estimate of drug-likeness (QED) is 0.374. The van der Waals surface area contributed by atoms with Crippen molar-refractivity contribution in [1.29, 1.82) is 5.26 Å². The monoisotopic (exact) mass is 419 g/mol. The van der Waals surface area contributed by atoms with E-state index in [4.69, 9.17) is 27.9 Å². The Hall–Kier alpha value is -3.26. The largest absolute Gasteiger partial charge is 0.489 e. The maximum absolute atomic E-state index is 9.61. The molecule has 0 spiro atoms. The highest BCUT2D eigenvalue weighted by Crippen LogP contribution is 2.27. The molecule has 0 bridgehead atoms. The number of hydrogen-bond donors (Lipinski definition) is 1. The second kappa shape index (κ2) is 8.40. The zero-order chi connectivity index (χ0) is 20.2. The van der Waals surface area contributed by atoms with Crippen molar-refractivity contribution in [1.82, 2.24) is 9.97 Å². The van der Waals surface area contributed by atoms with Crippen molar-refractivity contribution in [3.63, 3.8) is 0 Å². The van der Waals surface area contributed by atoms with Crippen LogP contribution in [0.1, 0.15) is 17.0 Å². The van der Waals surface area contributed by atoms with Crippen molar-refractivity contribution < 1.29 is 4.74 Å². The molecule has 4 nitrogen and oxygen atoms in total. The SMILES string of the molecule is N#CC(=Cc1cccc(OCc2c(Cl)cccc2Cl)c1)c1nc2ccccc2[nH]1. The van der Waals surface area contributed by atoms with Crippen LogP contribution < -0.4 is 4.74 Å². The van der Waals surface area contributed by atoms with Crippen LogP contribution in [-0.4, -0.2) is 9.97 Å². The molecule has 0 saturated heterocycles. The summed E-state index contributed by atoms with van der Waals surface area (Å²) < 4.78 is 5.86. The predicted molar refractivity (Wildman–Crippen MR) is 117 cm³/mol. The lowest BCUT2D eigenvalue weighted by atomic mass is 10.1. The lowest BCUT2D eigenvalue weighted by Gasteiger charge is -2.10. The molecule has 1 heterocycles. The van der Waals surface area contributed by atoms with E-state index in [1.165, 1.54) is 0 Å². The topological polar surface area (TPSA) is 61.7 Å². The minimum atomic E-state index is 0.250. The van der Waals surface area contributed by atoms with Crippen LogP contribution in [0.15, 0.2) is 66.7 Å². The van der Waals surface area contributed by atoms with Crippen molar-refractivity contribution in [2.45, 2.75) is 6.61 Å². The smallest absolute Gasteiger partial charge is 0.149 e. The Bertz CT molecular complexity index is 1200. The van der Waals surface area contributed by atoms with Gasteiger partial charge in [-0.25, -0.2) is 4.98 Å². The van der Waals surface area contributed by atoms with Crippen LogP contribution in [0.4, 0.5) is 0 Å². The third-order valence-electron chi connectivity index (χ3n) is 4.38. The molecule has 1 N–H and O–H groups in total. The van der Waals surface area contributed by atoms with Crippen molar-refractivity contribution in [2.24, 2.45) is 0 Å². The molecule has 1 aromatic heterocycles. The zero-order valence-corrected chi connectivity index (χ0v) is 16.7. The van der Waals surface area contributed by atoms with Crippen LogP contribution in [0.2, 0.25) is 10.0 Å². The molecule has 0 amide bonds. The predicted octanol–water partition coefficient (Wildman–Crippen LogP) is 6.51. The van der Waals surface area contributed by atoms with Gasteiger partial charge in [0.2, 0.25) is 0 Å². The molecule has 142 valence electrons. The van der Waals surface area contributed by atoms with Gasteiger partial charge in [-0.05, 0) is 48.0 Å². The first-order chi connectivity index (χ1) is 14.1. The standard InChI is InChI=1S/C23H15Cl2N3O/c24-19-7-4-8-20(25)18(19)14-29-17-6-3-5-15(12-17)11-16(13-26)23-27-21-9-1-2-10-22(21)28-23/h1-12H,14H2,(H,27,28). The molecular weight excluding hydrogens is 405 g/mol. The van der Waals surface area contributed by atoms with E-state index in [0.29, 0.717) is 27.2 Å². The molecule has 3 aromatic carbocycles. The molecule has 0 aliphatic rings. The van der Waals surface area contributed by atoms with Gasteiger partial charge in [-0.2, -0.15) is 5.26 Å². The summed E-state index contributed by atoms with van der Waals surface area (Å²) in [6.07, 6.45) is 1.77. The first kappa shape index (κ1) is 19.1. The summed E-state index contributed by atoms with van der Waals surface area (Å²) in [4.78, 5) is 7.67. The van der Waals surface area contributed by atoms with Crippen LogP contribution in [-0.2, 0) is 6.61 Å². The number of allylic oxidation sites excluding steroid dienone is 1. The number of aromatic amines is 1. The van der Waals surface area contributed by atoms with Gasteiger partial charge in [0.1, 0.15) is 24.3 Å². The van der Waals surface area contributed by atoms with Gasteiger partial charge >= 0.3 is 0 Å². The highest BCUT2D eigenvalue weighted by atomic mass is 35.5. The number of H-pyrrole nitrogens is 1. The molecule has 6 heteroatoms. The molecular formula is C23H15Cl2N3O. The van der Waals surface area contributed by atoms with E-state index < -0.39 is 0 Å². The highest BCUT2D eigenvalue weighted by molar-refractivity contribution is 6.35. The molecule has 0 saturated carbocycles. The average molecular weight is 420 g/mol. The van der Waals surface area contributed by atoms with Crippen LogP contribution in [0.5, 0.6) is 5.75 Å². The molecule has 4 rings (SSSR count). The molecule has 0 aliphatic heterocycles. The van der Waals surface area contributed by atoms with Gasteiger partial charge in [0.05, 0.1) is 16.6 Å². The van der Waals surface area contributed by atoms with E-state index in [1.807, 2.05) is 48.5 Å². The van der Waals surface area contributed by atoms with E-state index in [2.05, 4.69) is 16.0 Å². The van der Waals surface area contributed by atoms with Crippen LogP contribution in [0.3, 0.4) is 0 Å². The van der Waals surface area contributed by atoms with E-state index in [-0.39, 0.29) is 6.61 Å². The number of ether oxygens (including phenoxy) is 1. The van der Waals surface area contributed by atoms with E-state index in [9.17, 15) is 5.26 Å². The number of nitrogens with one attached hydrogen (secondary N) is 1. The maximum atomic E-state index is 9.61. The number of benzene rings is 3. The third kappa shape index (κ3) is 4.27. The lowest BCUT2D eigenvalue weighted by molar-refractivity contribution is 0.306. The number of rotatable bonds is 5. The lowest BCUT2D eigenvalue weighted by Crippen LogP contribution is -1.97. The van der Waals surface area contributed by atoms with Crippen LogP contribution in [0, 0.1) is 11.3 Å². The van der Waals surface area contributed by atoms with Gasteiger partial charge in [0.25, 0.3) is 0 Å². The minimum Gasteiger partial charge on any atom is -0.489 e. The Morgan fingerprint density at radius 2 is 1.79 bits per heavy atom. The number of para-hydroxylation sites is 2. The highest BCUT2D eigenvalue weighted by Gasteiger charge is 2.09. The molecule has 4 aromatic rings. The van der Waals surface area contributed by atoms with E-state index >= 15 is 0 Å². The summed E-state index contributed by atoms with van der Waals surface area (Å²) in [6.45, 7) is 0.250. The Morgan fingerprint density at radius 1 is 1.03 bits per heavy atom. The molecule has 0 radical (unpaired) electrons. The fourth-order valence-corrected chi connectivity index (χ4v) is 3.43. The second-order valence-corrected chi connectivity index (χ2v) is 7.15. The zero-order valence-electron chi connectivity index (χ0n) is 15.2. The van der Waals surface area contributed by atoms with Crippen LogP contribution in [0.25, 0.3) is 22.7 Å². The summed E-state index contributed by atoms with van der Waals surface area (Å²) in [7, 11) is 0. The Kier molecular flexibility index (Phi) is 5.53. The average Bonchev–Trinajstić information content (AvgIpc) is 3.16. The number of hydrogen-bond acceptors (Lipinski definition) is 3. The second-order valence-electron chi connectivity index (χ2n) is 6.33. The van der Waals surface area contributed by atoms with Crippen molar-refractivity contribution >= 4 is 45.9 Å². The Labute approximate surface area is 178 Å². The fraction of sp³-hybridized carbons (Fsp3) is 0.0435. The van der Waals surface area contributed by atoms with E-state index in [1.54, 1.807) is 24.3 Å². The van der Waals surface area contributed by atoms with E-state index in [0.717, 1.165) is 22.2 Å². The van der Waals surface area contributed by atoms with Gasteiger partial charge < -0.3 is 9.72 Å². The molecule has 0 fully saturated rings. The number of nitriles is 1. The summed E-state index contributed by atoms with van der Waals surface area (Å²) in [5.41, 5.74) is 3.70. The van der Waals surface area contributed by atoms with Crippen molar-refractivity contribution in [3.05, 3.63) is 93.7 Å². The third-order valence-corrected chi connectivity index (χ3v) is 5.09. The van der Waals surface area contributed by atoms with Gasteiger partial charge in [-0.15, -0.1) is 0 Å². The summed E-state index contributed by atoms with van der Waals surface area (Å²) in [5.74, 6) is 1.18. The summed E-state index contributed by atoms with van der Waals surface area (Å²) in [6, 6.07) is 22.7. The normalized spacial score (nSPS) is 11.4. The Balaban J connectivity index is 1.58. The Morgan fingerprint density at radius 3 is 2.55 bits per heavy atom. The number of aromatic nitrogens is 2. The van der Waals surface area contributed by atoms with Gasteiger partial charge in [0.15, 0.2) is 0 Å². The van der Waals surface area contributed by atoms with Crippen molar-refractivity contribution in [2.75, 3.05) is 0 Å². The van der Waals surface area contributed by atoms with Gasteiger partial charge in [-0.1, -0.05) is 53.5 Å². The fourth-order valence-electron chi connectivity index (χ4n) is 2.92. The van der Waals surface area contributed by atoms with Gasteiger partial charge in [0, 0.05) is 15.6 Å².